The topological polar surface area (TPSA) is 121 Å². The van der Waals surface area contributed by atoms with Crippen molar-refractivity contribution in [2.45, 2.75) is 17.8 Å². The number of hydrogen-bond acceptors (Lipinski definition) is 8. The Balaban J connectivity index is 2.06. The number of rotatable bonds is 6. The molecule has 2 N–H and O–H groups in total. The van der Waals surface area contributed by atoms with E-state index in [0.29, 0.717) is 10.9 Å². The molecule has 0 bridgehead atoms. The third-order valence-electron chi connectivity index (χ3n) is 2.78. The van der Waals surface area contributed by atoms with Gasteiger partial charge >= 0.3 is 5.97 Å². The highest BCUT2D eigenvalue weighted by molar-refractivity contribution is 7.98. The van der Waals surface area contributed by atoms with E-state index >= 15 is 0 Å². The first-order valence-electron chi connectivity index (χ1n) is 6.67. The molecule has 0 aliphatic rings. The number of nitro benzene ring substituents is 1. The number of non-ortho nitro benzene ring substituents is 1. The van der Waals surface area contributed by atoms with Crippen molar-refractivity contribution < 1.29 is 14.5 Å². The maximum Gasteiger partial charge on any atom is 0.343 e. The van der Waals surface area contributed by atoms with Crippen LogP contribution in [-0.4, -0.2) is 27.5 Å². The number of carbonyl (C=O) groups is 1. The molecule has 0 aliphatic carbocycles. The van der Waals surface area contributed by atoms with Crippen molar-refractivity contribution in [3.63, 3.8) is 0 Å². The fraction of sp³-hybridized carbons (Fsp3) is 0.214. The second-order valence-corrected chi connectivity index (χ2v) is 5.33. The molecule has 0 radical (unpaired) electrons. The molecule has 1 heterocycles. The maximum atomic E-state index is 11.6. The maximum absolute atomic E-state index is 11.6. The number of hydrogen-bond donors (Lipinski definition) is 1. The molecule has 2 rings (SSSR count). The third kappa shape index (κ3) is 4.39. The largest absolute Gasteiger partial charge is 0.462 e. The molecule has 0 atom stereocenters. The number of nitrogens with zero attached hydrogens (tertiary/aromatic N) is 3. The van der Waals surface area contributed by atoms with Gasteiger partial charge in [-0.25, -0.2) is 14.8 Å². The van der Waals surface area contributed by atoms with E-state index in [4.69, 9.17) is 10.5 Å². The fourth-order valence-electron chi connectivity index (χ4n) is 1.72. The number of anilines is 1. The molecule has 9 heteroatoms. The van der Waals surface area contributed by atoms with Crippen LogP contribution in [0, 0.1) is 10.1 Å². The summed E-state index contributed by atoms with van der Waals surface area (Å²) in [7, 11) is 0. The Kier molecular flexibility index (Phi) is 5.47. The van der Waals surface area contributed by atoms with Gasteiger partial charge in [-0.3, -0.25) is 10.1 Å². The van der Waals surface area contributed by atoms with E-state index in [-0.39, 0.29) is 23.7 Å². The summed E-state index contributed by atoms with van der Waals surface area (Å²) in [4.78, 5) is 30.0. The number of nitrogen functional groups attached to an aromatic ring is 1. The Bertz CT molecular complexity index is 738. The highest BCUT2D eigenvalue weighted by Gasteiger charge is 2.14. The zero-order valence-corrected chi connectivity index (χ0v) is 13.1. The number of benzene rings is 1. The third-order valence-corrected chi connectivity index (χ3v) is 3.71. The molecule has 0 saturated carbocycles. The molecule has 0 aliphatic heterocycles. The molecule has 120 valence electrons. The Morgan fingerprint density at radius 2 is 2.26 bits per heavy atom. The van der Waals surface area contributed by atoms with Gasteiger partial charge in [0.1, 0.15) is 11.4 Å². The second kappa shape index (κ2) is 7.54. The highest BCUT2D eigenvalue weighted by atomic mass is 32.2. The van der Waals surface area contributed by atoms with E-state index in [1.165, 1.54) is 30.1 Å². The summed E-state index contributed by atoms with van der Waals surface area (Å²) in [5, 5.41) is 11.1. The van der Waals surface area contributed by atoms with Gasteiger partial charge in [-0.15, -0.1) is 0 Å². The van der Waals surface area contributed by atoms with E-state index < -0.39 is 10.9 Å². The van der Waals surface area contributed by atoms with Crippen molar-refractivity contribution in [2.24, 2.45) is 0 Å². The van der Waals surface area contributed by atoms with E-state index in [9.17, 15) is 14.9 Å². The van der Waals surface area contributed by atoms with Crippen LogP contribution < -0.4 is 5.73 Å². The summed E-state index contributed by atoms with van der Waals surface area (Å²) >= 11 is 1.26. The minimum atomic E-state index is -0.569. The van der Waals surface area contributed by atoms with Crippen LogP contribution in [0.15, 0.2) is 35.6 Å². The van der Waals surface area contributed by atoms with Crippen LogP contribution in [-0.2, 0) is 10.5 Å². The molecule has 0 unspecified atom stereocenters. The lowest BCUT2D eigenvalue weighted by atomic mass is 10.2. The molecule has 0 amide bonds. The van der Waals surface area contributed by atoms with Crippen LogP contribution in [0.2, 0.25) is 0 Å². The predicted molar refractivity (Wildman–Crippen MR) is 85.1 cm³/mol. The Hall–Kier alpha value is -2.68. The van der Waals surface area contributed by atoms with Gasteiger partial charge in [-0.1, -0.05) is 23.9 Å². The normalized spacial score (nSPS) is 10.3. The number of carbonyl (C=O) groups excluding carboxylic acids is 1. The van der Waals surface area contributed by atoms with Gasteiger partial charge in [0, 0.05) is 24.1 Å². The predicted octanol–water partition coefficient (Wildman–Crippen LogP) is 2.44. The molecule has 2 aromatic rings. The Morgan fingerprint density at radius 1 is 1.48 bits per heavy atom. The first-order chi connectivity index (χ1) is 11.0. The highest BCUT2D eigenvalue weighted by Crippen LogP contribution is 2.23. The lowest BCUT2D eigenvalue weighted by Gasteiger charge is -2.06. The van der Waals surface area contributed by atoms with Gasteiger partial charge in [0.05, 0.1) is 11.5 Å². The molecular weight excluding hydrogens is 320 g/mol. The fourth-order valence-corrected chi connectivity index (χ4v) is 2.49. The number of esters is 1. The zero-order chi connectivity index (χ0) is 16.8. The lowest BCUT2D eigenvalue weighted by Crippen LogP contribution is -2.10. The molecule has 0 saturated heterocycles. The molecule has 1 aromatic heterocycles. The van der Waals surface area contributed by atoms with E-state index in [1.807, 2.05) is 0 Å². The van der Waals surface area contributed by atoms with E-state index in [2.05, 4.69) is 9.97 Å². The quantitative estimate of drug-likeness (QED) is 0.281. The van der Waals surface area contributed by atoms with Crippen LogP contribution in [0.1, 0.15) is 22.8 Å². The summed E-state index contributed by atoms with van der Waals surface area (Å²) in [5.74, 6) is -0.0832. The van der Waals surface area contributed by atoms with Crippen molar-refractivity contribution >= 4 is 29.2 Å². The monoisotopic (exact) mass is 334 g/mol. The van der Waals surface area contributed by atoms with Crippen LogP contribution in [0.25, 0.3) is 0 Å². The molecular formula is C14H14N4O4S. The summed E-state index contributed by atoms with van der Waals surface area (Å²) in [6.45, 7) is 1.93. The Morgan fingerprint density at radius 3 is 2.91 bits per heavy atom. The number of ether oxygens (including phenoxy) is 1. The summed E-state index contributed by atoms with van der Waals surface area (Å²) in [5.41, 5.74) is 6.64. The zero-order valence-electron chi connectivity index (χ0n) is 12.3. The molecule has 0 spiro atoms. The standard InChI is InChI=1S/C14H14N4O4S/c1-2-22-13(19)11-7-16-14(17-12(11)15)23-8-9-4-3-5-10(6-9)18(20)21/h3-7H,2,8H2,1H3,(H2,15,16,17). The Labute approximate surface area is 136 Å². The molecule has 23 heavy (non-hydrogen) atoms. The van der Waals surface area contributed by atoms with Crippen molar-refractivity contribution in [1.29, 1.82) is 0 Å². The van der Waals surface area contributed by atoms with Gasteiger partial charge in [-0.05, 0) is 12.5 Å². The summed E-state index contributed by atoms with van der Waals surface area (Å²) < 4.78 is 4.84. The van der Waals surface area contributed by atoms with Crippen LogP contribution in [0.4, 0.5) is 11.5 Å². The number of nitro groups is 1. The van der Waals surface area contributed by atoms with Gasteiger partial charge in [0.25, 0.3) is 5.69 Å². The summed E-state index contributed by atoms with van der Waals surface area (Å²) in [6, 6.07) is 6.31. The smallest absolute Gasteiger partial charge is 0.343 e. The molecule has 0 fully saturated rings. The van der Waals surface area contributed by atoms with E-state index in [1.54, 1.807) is 19.1 Å². The molecule has 1 aromatic carbocycles. The van der Waals surface area contributed by atoms with Gasteiger partial charge in [0.2, 0.25) is 0 Å². The van der Waals surface area contributed by atoms with Crippen molar-refractivity contribution in [3.8, 4) is 0 Å². The van der Waals surface area contributed by atoms with Crippen molar-refractivity contribution in [1.82, 2.24) is 9.97 Å². The second-order valence-electron chi connectivity index (χ2n) is 4.39. The van der Waals surface area contributed by atoms with Gasteiger partial charge in [0.15, 0.2) is 5.16 Å². The summed E-state index contributed by atoms with van der Waals surface area (Å²) in [6.07, 6.45) is 1.32. The SMILES string of the molecule is CCOC(=O)c1cnc(SCc2cccc([N+](=O)[O-])c2)nc1N. The molecule has 8 nitrogen and oxygen atoms in total. The lowest BCUT2D eigenvalue weighted by molar-refractivity contribution is -0.384. The van der Waals surface area contributed by atoms with Crippen molar-refractivity contribution in [2.75, 3.05) is 12.3 Å². The number of aromatic nitrogens is 2. The number of thioether (sulfide) groups is 1. The van der Waals surface area contributed by atoms with Crippen LogP contribution in [0.5, 0.6) is 0 Å². The van der Waals surface area contributed by atoms with Crippen molar-refractivity contribution in [3.05, 3.63) is 51.7 Å². The first-order valence-corrected chi connectivity index (χ1v) is 7.65. The average molecular weight is 334 g/mol. The average Bonchev–Trinajstić information content (AvgIpc) is 2.53. The minimum Gasteiger partial charge on any atom is -0.462 e. The van der Waals surface area contributed by atoms with Gasteiger partial charge < -0.3 is 10.5 Å². The first kappa shape index (κ1) is 16.7. The number of nitrogens with two attached hydrogens (primary N) is 1. The minimum absolute atomic E-state index is 0.0289. The van der Waals surface area contributed by atoms with E-state index in [0.717, 1.165) is 5.56 Å². The van der Waals surface area contributed by atoms with Gasteiger partial charge in [-0.2, -0.15) is 0 Å². The van der Waals surface area contributed by atoms with Crippen LogP contribution >= 0.6 is 11.8 Å². The van der Waals surface area contributed by atoms with Crippen LogP contribution in [0.3, 0.4) is 0 Å².